The first-order valence-electron chi connectivity index (χ1n) is 6.38. The zero-order valence-electron chi connectivity index (χ0n) is 10.2. The predicted octanol–water partition coefficient (Wildman–Crippen LogP) is 0.592. The van der Waals surface area contributed by atoms with Gasteiger partial charge in [-0.1, -0.05) is 6.07 Å². The molecule has 1 aromatic heterocycles. The molecule has 4 nitrogen and oxygen atoms in total. The first-order chi connectivity index (χ1) is 8.45. The molecule has 0 spiro atoms. The second-order valence-electron chi connectivity index (χ2n) is 4.31. The highest BCUT2D eigenvalue weighted by atomic mass is 16.5. The molecule has 2 N–H and O–H groups in total. The standard InChI is InChI=1S/C13H21N3O/c1-2-6-16-12(3-1)4-7-14-8-5-13-11-15-9-10-17-13/h1-3,6,13-15H,4-5,7-11H2. The van der Waals surface area contributed by atoms with Crippen LogP contribution in [0.25, 0.3) is 0 Å². The number of rotatable bonds is 6. The van der Waals surface area contributed by atoms with E-state index in [1.54, 1.807) is 0 Å². The van der Waals surface area contributed by atoms with Crippen molar-refractivity contribution in [2.75, 3.05) is 32.8 Å². The van der Waals surface area contributed by atoms with Crippen molar-refractivity contribution in [2.45, 2.75) is 18.9 Å². The first-order valence-corrected chi connectivity index (χ1v) is 6.38. The maximum Gasteiger partial charge on any atom is 0.0712 e. The summed E-state index contributed by atoms with van der Waals surface area (Å²) in [6, 6.07) is 6.05. The number of hydrogen-bond acceptors (Lipinski definition) is 4. The molecule has 0 aliphatic carbocycles. The van der Waals surface area contributed by atoms with Crippen LogP contribution in [0.4, 0.5) is 0 Å². The number of morpholine rings is 1. The Kier molecular flexibility index (Phi) is 5.42. The summed E-state index contributed by atoms with van der Waals surface area (Å²) in [6.07, 6.45) is 4.29. The molecule has 0 radical (unpaired) electrons. The van der Waals surface area contributed by atoms with E-state index in [-0.39, 0.29) is 0 Å². The van der Waals surface area contributed by atoms with Gasteiger partial charge in [0.15, 0.2) is 0 Å². The number of aromatic nitrogens is 1. The molecule has 2 heterocycles. The second-order valence-corrected chi connectivity index (χ2v) is 4.31. The fourth-order valence-corrected chi connectivity index (χ4v) is 1.96. The molecule has 0 amide bonds. The van der Waals surface area contributed by atoms with Gasteiger partial charge in [-0.2, -0.15) is 0 Å². The van der Waals surface area contributed by atoms with Crippen molar-refractivity contribution in [1.29, 1.82) is 0 Å². The minimum Gasteiger partial charge on any atom is -0.376 e. The summed E-state index contributed by atoms with van der Waals surface area (Å²) in [7, 11) is 0. The van der Waals surface area contributed by atoms with Crippen LogP contribution in [0.5, 0.6) is 0 Å². The van der Waals surface area contributed by atoms with Crippen molar-refractivity contribution in [3.8, 4) is 0 Å². The molecule has 1 aromatic rings. The Bertz CT molecular complexity index is 299. The monoisotopic (exact) mass is 235 g/mol. The summed E-state index contributed by atoms with van der Waals surface area (Å²) in [6.45, 7) is 4.82. The average molecular weight is 235 g/mol. The van der Waals surface area contributed by atoms with Gasteiger partial charge >= 0.3 is 0 Å². The van der Waals surface area contributed by atoms with E-state index < -0.39 is 0 Å². The predicted molar refractivity (Wildman–Crippen MR) is 68.0 cm³/mol. The van der Waals surface area contributed by atoms with Crippen LogP contribution in [0, 0.1) is 0 Å². The SMILES string of the molecule is c1ccc(CCNCCC2CNCCO2)nc1. The highest BCUT2D eigenvalue weighted by Gasteiger charge is 2.11. The third-order valence-corrected chi connectivity index (χ3v) is 2.93. The third-order valence-electron chi connectivity index (χ3n) is 2.93. The molecule has 1 aliphatic rings. The molecule has 17 heavy (non-hydrogen) atoms. The molecule has 1 unspecified atom stereocenters. The van der Waals surface area contributed by atoms with Crippen molar-refractivity contribution in [3.63, 3.8) is 0 Å². The lowest BCUT2D eigenvalue weighted by molar-refractivity contribution is 0.0239. The van der Waals surface area contributed by atoms with Crippen LogP contribution in [0.2, 0.25) is 0 Å². The Morgan fingerprint density at radius 3 is 3.18 bits per heavy atom. The van der Waals surface area contributed by atoms with Gasteiger partial charge in [0, 0.05) is 37.9 Å². The van der Waals surface area contributed by atoms with E-state index in [0.717, 1.165) is 51.3 Å². The van der Waals surface area contributed by atoms with Gasteiger partial charge in [0.2, 0.25) is 0 Å². The van der Waals surface area contributed by atoms with Gasteiger partial charge in [-0.3, -0.25) is 4.98 Å². The van der Waals surface area contributed by atoms with Gasteiger partial charge in [0.05, 0.1) is 12.7 Å². The zero-order valence-corrected chi connectivity index (χ0v) is 10.2. The van der Waals surface area contributed by atoms with Gasteiger partial charge in [0.1, 0.15) is 0 Å². The topological polar surface area (TPSA) is 46.2 Å². The average Bonchev–Trinajstić information content (AvgIpc) is 2.41. The van der Waals surface area contributed by atoms with Crippen molar-refractivity contribution < 1.29 is 4.74 Å². The number of hydrogen-bond donors (Lipinski definition) is 2. The highest BCUT2D eigenvalue weighted by molar-refractivity contribution is 5.03. The fraction of sp³-hybridized carbons (Fsp3) is 0.615. The van der Waals surface area contributed by atoms with Gasteiger partial charge in [-0.25, -0.2) is 0 Å². The summed E-state index contributed by atoms with van der Waals surface area (Å²) in [5, 5.41) is 6.77. The normalized spacial score (nSPS) is 20.4. The molecule has 94 valence electrons. The van der Waals surface area contributed by atoms with Crippen molar-refractivity contribution in [3.05, 3.63) is 30.1 Å². The smallest absolute Gasteiger partial charge is 0.0712 e. The molecule has 2 rings (SSSR count). The van der Waals surface area contributed by atoms with E-state index in [9.17, 15) is 0 Å². The molecule has 1 aliphatic heterocycles. The maximum absolute atomic E-state index is 5.63. The van der Waals surface area contributed by atoms with Crippen LogP contribution in [-0.4, -0.2) is 43.9 Å². The lowest BCUT2D eigenvalue weighted by Gasteiger charge is -2.23. The Hall–Kier alpha value is -0.970. The minimum absolute atomic E-state index is 0.381. The molecule has 0 bridgehead atoms. The zero-order chi connectivity index (χ0) is 11.8. The van der Waals surface area contributed by atoms with Crippen LogP contribution in [-0.2, 0) is 11.2 Å². The molecule has 1 fully saturated rings. The van der Waals surface area contributed by atoms with E-state index in [4.69, 9.17) is 4.74 Å². The van der Waals surface area contributed by atoms with Crippen LogP contribution in [0.1, 0.15) is 12.1 Å². The summed E-state index contributed by atoms with van der Waals surface area (Å²) in [4.78, 5) is 4.29. The van der Waals surface area contributed by atoms with Gasteiger partial charge in [-0.15, -0.1) is 0 Å². The highest BCUT2D eigenvalue weighted by Crippen LogP contribution is 2.00. The van der Waals surface area contributed by atoms with Crippen LogP contribution in [0.15, 0.2) is 24.4 Å². The number of ether oxygens (including phenoxy) is 1. The Morgan fingerprint density at radius 1 is 1.41 bits per heavy atom. The third kappa shape index (κ3) is 4.81. The van der Waals surface area contributed by atoms with Crippen LogP contribution >= 0.6 is 0 Å². The van der Waals surface area contributed by atoms with E-state index in [1.165, 1.54) is 0 Å². The summed E-state index contributed by atoms with van der Waals surface area (Å²) < 4.78 is 5.63. The molecule has 0 saturated carbocycles. The molecule has 0 aromatic carbocycles. The molecular formula is C13H21N3O. The summed E-state index contributed by atoms with van der Waals surface area (Å²) >= 11 is 0. The molecule has 1 atom stereocenters. The Labute approximate surface area is 103 Å². The second kappa shape index (κ2) is 7.37. The lowest BCUT2D eigenvalue weighted by Crippen LogP contribution is -2.40. The van der Waals surface area contributed by atoms with Crippen LogP contribution in [0.3, 0.4) is 0 Å². The molecular weight excluding hydrogens is 214 g/mol. The Balaban J connectivity index is 1.51. The lowest BCUT2D eigenvalue weighted by atomic mass is 10.2. The Morgan fingerprint density at radius 2 is 2.41 bits per heavy atom. The van der Waals surface area contributed by atoms with Crippen molar-refractivity contribution in [1.82, 2.24) is 15.6 Å². The van der Waals surface area contributed by atoms with E-state index >= 15 is 0 Å². The summed E-state index contributed by atoms with van der Waals surface area (Å²) in [5.41, 5.74) is 1.15. The number of nitrogens with zero attached hydrogens (tertiary/aromatic N) is 1. The fourth-order valence-electron chi connectivity index (χ4n) is 1.96. The van der Waals surface area contributed by atoms with E-state index in [1.807, 2.05) is 18.3 Å². The van der Waals surface area contributed by atoms with Gasteiger partial charge in [0.25, 0.3) is 0 Å². The number of nitrogens with one attached hydrogen (secondary N) is 2. The molecule has 1 saturated heterocycles. The van der Waals surface area contributed by atoms with Crippen molar-refractivity contribution in [2.24, 2.45) is 0 Å². The van der Waals surface area contributed by atoms with Crippen molar-refractivity contribution >= 4 is 0 Å². The van der Waals surface area contributed by atoms with Crippen LogP contribution < -0.4 is 10.6 Å². The quantitative estimate of drug-likeness (QED) is 0.709. The van der Waals surface area contributed by atoms with E-state index in [0.29, 0.717) is 6.10 Å². The van der Waals surface area contributed by atoms with Gasteiger partial charge in [-0.05, 0) is 25.1 Å². The maximum atomic E-state index is 5.63. The largest absolute Gasteiger partial charge is 0.376 e. The van der Waals surface area contributed by atoms with Gasteiger partial charge < -0.3 is 15.4 Å². The number of pyridine rings is 1. The summed E-state index contributed by atoms with van der Waals surface area (Å²) in [5.74, 6) is 0. The van der Waals surface area contributed by atoms with E-state index in [2.05, 4.69) is 21.7 Å². The minimum atomic E-state index is 0.381. The first kappa shape index (κ1) is 12.5. The molecule has 4 heteroatoms.